The second-order valence-corrected chi connectivity index (χ2v) is 6.35. The second-order valence-electron chi connectivity index (χ2n) is 5.94. The Morgan fingerprint density at radius 1 is 1.12 bits per heavy atom. The van der Waals surface area contributed by atoms with Crippen LogP contribution in [0.3, 0.4) is 0 Å². The molecule has 1 saturated heterocycles. The third-order valence-electron chi connectivity index (χ3n) is 4.30. The molecule has 0 radical (unpaired) electrons. The van der Waals surface area contributed by atoms with Crippen molar-refractivity contribution in [1.29, 1.82) is 0 Å². The largest absolute Gasteiger partial charge is 0.353 e. The molecule has 3 aromatic rings. The molecular weight excluding hydrogens is 336 g/mol. The summed E-state index contributed by atoms with van der Waals surface area (Å²) >= 11 is 6.19. The lowest BCUT2D eigenvalue weighted by molar-refractivity contribution is 0.586. The van der Waals surface area contributed by atoms with Crippen LogP contribution in [0.5, 0.6) is 0 Å². The summed E-state index contributed by atoms with van der Waals surface area (Å²) in [5.41, 5.74) is 1.91. The highest BCUT2D eigenvalue weighted by Gasteiger charge is 2.15. The minimum Gasteiger partial charge on any atom is -0.353 e. The molecule has 0 atom stereocenters. The molecule has 1 aliphatic heterocycles. The Hall–Kier alpha value is -2.44. The summed E-state index contributed by atoms with van der Waals surface area (Å²) in [4.78, 5) is 15.9. The predicted molar refractivity (Wildman–Crippen MR) is 101 cm³/mol. The number of aromatic nitrogens is 3. The molecule has 0 unspecified atom stereocenters. The van der Waals surface area contributed by atoms with Crippen LogP contribution in [-0.4, -0.2) is 41.1 Å². The molecule has 0 amide bonds. The predicted octanol–water partition coefficient (Wildman–Crippen LogP) is 2.70. The van der Waals surface area contributed by atoms with Gasteiger partial charge in [0.25, 0.3) is 0 Å². The van der Waals surface area contributed by atoms with Crippen molar-refractivity contribution in [1.82, 2.24) is 20.3 Å². The van der Waals surface area contributed by atoms with Crippen molar-refractivity contribution in [3.05, 3.63) is 53.3 Å². The van der Waals surface area contributed by atoms with Crippen LogP contribution in [0.25, 0.3) is 10.9 Å². The summed E-state index contributed by atoms with van der Waals surface area (Å²) in [5, 5.41) is 8.32. The maximum atomic E-state index is 6.19. The number of halogens is 1. The van der Waals surface area contributed by atoms with Crippen LogP contribution in [0.15, 0.2) is 42.7 Å². The quantitative estimate of drug-likeness (QED) is 0.751. The van der Waals surface area contributed by atoms with Crippen LogP contribution in [0, 0.1) is 0 Å². The maximum Gasteiger partial charge on any atom is 0.223 e. The minimum absolute atomic E-state index is 0.584. The van der Waals surface area contributed by atoms with Crippen molar-refractivity contribution in [2.24, 2.45) is 0 Å². The van der Waals surface area contributed by atoms with E-state index in [9.17, 15) is 0 Å². The zero-order valence-electron chi connectivity index (χ0n) is 13.7. The maximum absolute atomic E-state index is 6.19. The van der Waals surface area contributed by atoms with E-state index in [0.717, 1.165) is 53.5 Å². The Labute approximate surface area is 151 Å². The van der Waals surface area contributed by atoms with Gasteiger partial charge in [0.15, 0.2) is 0 Å². The van der Waals surface area contributed by atoms with E-state index in [0.29, 0.717) is 12.5 Å². The van der Waals surface area contributed by atoms with Gasteiger partial charge in [-0.15, -0.1) is 0 Å². The summed E-state index contributed by atoms with van der Waals surface area (Å²) < 4.78 is 0. The fourth-order valence-corrected chi connectivity index (χ4v) is 3.17. The van der Waals surface area contributed by atoms with Gasteiger partial charge in [0, 0.05) is 50.1 Å². The number of pyridine rings is 1. The number of nitrogens with zero attached hydrogens (tertiary/aromatic N) is 4. The Balaban J connectivity index is 1.57. The van der Waals surface area contributed by atoms with Crippen molar-refractivity contribution in [3.63, 3.8) is 0 Å². The number of hydrogen-bond donors (Lipinski definition) is 2. The standard InChI is InChI=1S/C18H19ClN6/c19-15-4-2-1-3-13(15)11-22-18-23-12-14-16(24-18)5-6-21-17(14)25-9-7-20-8-10-25/h1-6,12,20H,7-11H2,(H,22,23,24). The summed E-state index contributed by atoms with van der Waals surface area (Å²) in [7, 11) is 0. The fraction of sp³-hybridized carbons (Fsp3) is 0.278. The zero-order valence-corrected chi connectivity index (χ0v) is 14.5. The molecule has 0 saturated carbocycles. The van der Waals surface area contributed by atoms with E-state index in [1.807, 2.05) is 42.7 Å². The topological polar surface area (TPSA) is 66.0 Å². The second kappa shape index (κ2) is 7.21. The first-order valence-electron chi connectivity index (χ1n) is 8.36. The van der Waals surface area contributed by atoms with Crippen molar-refractivity contribution >= 4 is 34.3 Å². The van der Waals surface area contributed by atoms with Gasteiger partial charge in [0.2, 0.25) is 5.95 Å². The molecule has 0 spiro atoms. The van der Waals surface area contributed by atoms with Gasteiger partial charge in [-0.2, -0.15) is 0 Å². The van der Waals surface area contributed by atoms with Crippen LogP contribution in [0.1, 0.15) is 5.56 Å². The molecule has 3 heterocycles. The lowest BCUT2D eigenvalue weighted by Crippen LogP contribution is -2.44. The van der Waals surface area contributed by atoms with E-state index in [1.54, 1.807) is 0 Å². The molecule has 4 rings (SSSR count). The molecular formula is C18H19ClN6. The molecule has 2 N–H and O–H groups in total. The van der Waals surface area contributed by atoms with Crippen LogP contribution in [0.2, 0.25) is 5.02 Å². The normalized spacial score (nSPS) is 14.7. The average molecular weight is 355 g/mol. The Bertz CT molecular complexity index is 878. The molecule has 0 bridgehead atoms. The molecule has 0 aliphatic carbocycles. The van der Waals surface area contributed by atoms with E-state index in [4.69, 9.17) is 11.6 Å². The number of rotatable bonds is 4. The van der Waals surface area contributed by atoms with Gasteiger partial charge >= 0.3 is 0 Å². The number of benzene rings is 1. The molecule has 1 aliphatic rings. The van der Waals surface area contributed by atoms with Gasteiger partial charge < -0.3 is 15.5 Å². The third kappa shape index (κ3) is 3.50. The van der Waals surface area contributed by atoms with E-state index in [1.165, 1.54) is 0 Å². The summed E-state index contributed by atoms with van der Waals surface area (Å²) in [6, 6.07) is 9.68. The molecule has 25 heavy (non-hydrogen) atoms. The van der Waals surface area contributed by atoms with Crippen molar-refractivity contribution in [2.45, 2.75) is 6.54 Å². The first-order chi connectivity index (χ1) is 12.3. The first kappa shape index (κ1) is 16.1. The molecule has 1 fully saturated rings. The lowest BCUT2D eigenvalue weighted by Gasteiger charge is -2.29. The highest BCUT2D eigenvalue weighted by molar-refractivity contribution is 6.31. The first-order valence-corrected chi connectivity index (χ1v) is 8.74. The van der Waals surface area contributed by atoms with Crippen LogP contribution < -0.4 is 15.5 Å². The Morgan fingerprint density at radius 2 is 1.96 bits per heavy atom. The van der Waals surface area contributed by atoms with E-state index >= 15 is 0 Å². The lowest BCUT2D eigenvalue weighted by atomic mass is 10.2. The Morgan fingerprint density at radius 3 is 2.80 bits per heavy atom. The monoisotopic (exact) mass is 354 g/mol. The summed E-state index contributed by atoms with van der Waals surface area (Å²) in [5.74, 6) is 1.54. The van der Waals surface area contributed by atoms with Crippen molar-refractivity contribution < 1.29 is 0 Å². The molecule has 1 aromatic carbocycles. The van der Waals surface area contributed by atoms with Crippen molar-refractivity contribution in [3.8, 4) is 0 Å². The van der Waals surface area contributed by atoms with Gasteiger partial charge in [-0.25, -0.2) is 15.0 Å². The number of piperazine rings is 1. The van der Waals surface area contributed by atoms with Crippen LogP contribution in [-0.2, 0) is 6.54 Å². The fourth-order valence-electron chi connectivity index (χ4n) is 2.97. The van der Waals surface area contributed by atoms with Crippen molar-refractivity contribution in [2.75, 3.05) is 36.4 Å². The van der Waals surface area contributed by atoms with Gasteiger partial charge in [-0.05, 0) is 17.7 Å². The number of anilines is 2. The van der Waals surface area contributed by atoms with Crippen LogP contribution in [0.4, 0.5) is 11.8 Å². The highest BCUT2D eigenvalue weighted by Crippen LogP contribution is 2.24. The Kier molecular flexibility index (Phi) is 4.63. The SMILES string of the molecule is Clc1ccccc1CNc1ncc2c(N3CCNCC3)nccc2n1. The summed E-state index contributed by atoms with van der Waals surface area (Å²) in [6.07, 6.45) is 3.66. The highest BCUT2D eigenvalue weighted by atomic mass is 35.5. The van der Waals surface area contributed by atoms with Gasteiger partial charge in [-0.3, -0.25) is 0 Å². The molecule has 2 aromatic heterocycles. The minimum atomic E-state index is 0.584. The van der Waals surface area contributed by atoms with E-state index in [2.05, 4.69) is 30.5 Å². The zero-order chi connectivity index (χ0) is 17.1. The van der Waals surface area contributed by atoms with E-state index in [-0.39, 0.29) is 0 Å². The third-order valence-corrected chi connectivity index (χ3v) is 4.67. The smallest absolute Gasteiger partial charge is 0.223 e. The number of hydrogen-bond acceptors (Lipinski definition) is 6. The van der Waals surface area contributed by atoms with Gasteiger partial charge in [-0.1, -0.05) is 29.8 Å². The summed E-state index contributed by atoms with van der Waals surface area (Å²) in [6.45, 7) is 4.41. The van der Waals surface area contributed by atoms with E-state index < -0.39 is 0 Å². The molecule has 128 valence electrons. The van der Waals surface area contributed by atoms with Gasteiger partial charge in [0.05, 0.1) is 10.9 Å². The number of fused-ring (bicyclic) bond motifs is 1. The molecule has 7 heteroatoms. The average Bonchev–Trinajstić information content (AvgIpc) is 2.67. The molecule has 6 nitrogen and oxygen atoms in total. The van der Waals surface area contributed by atoms with Crippen LogP contribution >= 0.6 is 11.6 Å². The van der Waals surface area contributed by atoms with Gasteiger partial charge in [0.1, 0.15) is 5.82 Å². The number of nitrogens with one attached hydrogen (secondary N) is 2.